The molecule has 0 radical (unpaired) electrons. The standard InChI is InChI=1S/C14H18O6/c1-11(16)20-14(17)10-12-2-4-13(5-3-12)19-9-8-18-7-6-15/h2-5,15H,6-10H2,1H3. The number of esters is 2. The van der Waals surface area contributed by atoms with E-state index < -0.39 is 11.9 Å². The molecule has 6 nitrogen and oxygen atoms in total. The molecule has 1 N–H and O–H groups in total. The maximum Gasteiger partial charge on any atom is 0.317 e. The van der Waals surface area contributed by atoms with Crippen molar-refractivity contribution in [3.63, 3.8) is 0 Å². The Morgan fingerprint density at radius 3 is 2.40 bits per heavy atom. The van der Waals surface area contributed by atoms with Crippen LogP contribution in [0, 0.1) is 0 Å². The second-order valence-electron chi connectivity index (χ2n) is 3.97. The fourth-order valence-corrected chi connectivity index (χ4v) is 1.45. The third-order valence-electron chi connectivity index (χ3n) is 2.26. The number of rotatable bonds is 8. The lowest BCUT2D eigenvalue weighted by molar-refractivity contribution is -0.157. The van der Waals surface area contributed by atoms with Gasteiger partial charge in [-0.15, -0.1) is 0 Å². The van der Waals surface area contributed by atoms with Crippen LogP contribution < -0.4 is 4.74 Å². The molecule has 0 unspecified atom stereocenters. The van der Waals surface area contributed by atoms with Gasteiger partial charge in [-0.2, -0.15) is 0 Å². The highest BCUT2D eigenvalue weighted by Gasteiger charge is 2.07. The second-order valence-corrected chi connectivity index (χ2v) is 3.97. The molecule has 6 heteroatoms. The maximum atomic E-state index is 11.3. The van der Waals surface area contributed by atoms with E-state index in [1.807, 2.05) is 0 Å². The molecule has 0 saturated heterocycles. The summed E-state index contributed by atoms with van der Waals surface area (Å²) in [5.74, 6) is -0.539. The summed E-state index contributed by atoms with van der Waals surface area (Å²) in [5.41, 5.74) is 0.736. The van der Waals surface area contributed by atoms with Crippen molar-refractivity contribution in [1.82, 2.24) is 0 Å². The number of carbonyl (C=O) groups is 2. The van der Waals surface area contributed by atoms with Gasteiger partial charge >= 0.3 is 11.9 Å². The summed E-state index contributed by atoms with van der Waals surface area (Å²) in [6.45, 7) is 2.25. The van der Waals surface area contributed by atoms with Crippen LogP contribution in [0.1, 0.15) is 12.5 Å². The number of hydrogen-bond acceptors (Lipinski definition) is 6. The number of benzene rings is 1. The molecule has 0 aromatic heterocycles. The molecule has 20 heavy (non-hydrogen) atoms. The Kier molecular flexibility index (Phi) is 7.31. The second kappa shape index (κ2) is 9.06. The molecule has 0 bridgehead atoms. The highest BCUT2D eigenvalue weighted by molar-refractivity contribution is 5.85. The predicted molar refractivity (Wildman–Crippen MR) is 70.3 cm³/mol. The van der Waals surface area contributed by atoms with Crippen molar-refractivity contribution in [2.75, 3.05) is 26.4 Å². The van der Waals surface area contributed by atoms with Crippen molar-refractivity contribution in [3.8, 4) is 5.75 Å². The molecule has 1 rings (SSSR count). The van der Waals surface area contributed by atoms with Gasteiger partial charge in [0.15, 0.2) is 0 Å². The third kappa shape index (κ3) is 6.86. The number of aliphatic hydroxyl groups is 1. The van der Waals surface area contributed by atoms with Crippen LogP contribution in [0.5, 0.6) is 5.75 Å². The zero-order chi connectivity index (χ0) is 14.8. The largest absolute Gasteiger partial charge is 0.491 e. The minimum Gasteiger partial charge on any atom is -0.491 e. The van der Waals surface area contributed by atoms with Crippen LogP contribution in [-0.4, -0.2) is 43.5 Å². The van der Waals surface area contributed by atoms with Gasteiger partial charge in [-0.1, -0.05) is 12.1 Å². The first-order chi connectivity index (χ1) is 9.61. The molecule has 0 saturated carbocycles. The number of ether oxygens (including phenoxy) is 3. The van der Waals surface area contributed by atoms with Crippen molar-refractivity contribution >= 4 is 11.9 Å². The SMILES string of the molecule is CC(=O)OC(=O)Cc1ccc(OCCOCCO)cc1. The van der Waals surface area contributed by atoms with Gasteiger partial charge in [0.1, 0.15) is 12.4 Å². The van der Waals surface area contributed by atoms with E-state index in [4.69, 9.17) is 14.6 Å². The zero-order valence-electron chi connectivity index (χ0n) is 11.3. The van der Waals surface area contributed by atoms with Gasteiger partial charge in [-0.05, 0) is 17.7 Å². The topological polar surface area (TPSA) is 82.1 Å². The van der Waals surface area contributed by atoms with E-state index in [9.17, 15) is 9.59 Å². The average Bonchev–Trinajstić information content (AvgIpc) is 2.39. The Labute approximate surface area is 117 Å². The first kappa shape index (κ1) is 16.1. The molecule has 1 aromatic rings. The van der Waals surface area contributed by atoms with E-state index in [0.29, 0.717) is 25.6 Å². The first-order valence-electron chi connectivity index (χ1n) is 6.23. The van der Waals surface area contributed by atoms with Crippen LogP contribution >= 0.6 is 0 Å². The number of carbonyl (C=O) groups excluding carboxylic acids is 2. The van der Waals surface area contributed by atoms with Crippen molar-refractivity contribution in [2.45, 2.75) is 13.3 Å². The van der Waals surface area contributed by atoms with Crippen molar-refractivity contribution in [1.29, 1.82) is 0 Å². The van der Waals surface area contributed by atoms with Crippen LogP contribution in [0.4, 0.5) is 0 Å². The van der Waals surface area contributed by atoms with Crippen LogP contribution in [0.25, 0.3) is 0 Å². The molecule has 110 valence electrons. The molecular weight excluding hydrogens is 264 g/mol. The molecule has 0 aliphatic rings. The normalized spacial score (nSPS) is 10.1. The fraction of sp³-hybridized carbons (Fsp3) is 0.429. The van der Waals surface area contributed by atoms with Crippen LogP contribution in [0.2, 0.25) is 0 Å². The number of aliphatic hydroxyl groups excluding tert-OH is 1. The summed E-state index contributed by atoms with van der Waals surface area (Å²) in [6.07, 6.45) is 0.0411. The zero-order valence-corrected chi connectivity index (χ0v) is 11.3. The molecule has 0 spiro atoms. The third-order valence-corrected chi connectivity index (χ3v) is 2.26. The monoisotopic (exact) mass is 282 g/mol. The Bertz CT molecular complexity index is 426. The van der Waals surface area contributed by atoms with E-state index >= 15 is 0 Å². The van der Waals surface area contributed by atoms with Crippen LogP contribution in [0.3, 0.4) is 0 Å². The summed E-state index contributed by atoms with van der Waals surface area (Å²) in [4.78, 5) is 21.9. The molecular formula is C14H18O6. The van der Waals surface area contributed by atoms with Crippen molar-refractivity contribution in [3.05, 3.63) is 29.8 Å². The van der Waals surface area contributed by atoms with Gasteiger partial charge in [0, 0.05) is 6.92 Å². The molecule has 1 aromatic carbocycles. The Morgan fingerprint density at radius 1 is 1.10 bits per heavy atom. The minimum atomic E-state index is -0.613. The van der Waals surface area contributed by atoms with Gasteiger partial charge in [-0.3, -0.25) is 9.59 Å². The molecule has 0 aliphatic carbocycles. The summed E-state index contributed by atoms with van der Waals surface area (Å²) in [5, 5.41) is 8.52. The van der Waals surface area contributed by atoms with Gasteiger partial charge < -0.3 is 19.3 Å². The Hall–Kier alpha value is -1.92. The van der Waals surface area contributed by atoms with E-state index in [-0.39, 0.29) is 13.0 Å². The van der Waals surface area contributed by atoms with Crippen LogP contribution in [0.15, 0.2) is 24.3 Å². The summed E-state index contributed by atoms with van der Waals surface area (Å²) < 4.78 is 14.9. The predicted octanol–water partition coefficient (Wildman–Crippen LogP) is 0.706. The first-order valence-corrected chi connectivity index (χ1v) is 6.23. The maximum absolute atomic E-state index is 11.3. The molecule has 0 heterocycles. The van der Waals surface area contributed by atoms with Crippen molar-refractivity contribution < 1.29 is 28.9 Å². The van der Waals surface area contributed by atoms with E-state index in [1.165, 1.54) is 6.92 Å². The summed E-state index contributed by atoms with van der Waals surface area (Å²) in [7, 11) is 0. The lowest BCUT2D eigenvalue weighted by Crippen LogP contribution is -2.11. The highest BCUT2D eigenvalue weighted by Crippen LogP contribution is 2.12. The summed E-state index contributed by atoms with van der Waals surface area (Å²) >= 11 is 0. The lowest BCUT2D eigenvalue weighted by Gasteiger charge is -2.07. The van der Waals surface area contributed by atoms with E-state index in [0.717, 1.165) is 5.56 Å². The Balaban J connectivity index is 2.32. The number of hydrogen-bond donors (Lipinski definition) is 1. The lowest BCUT2D eigenvalue weighted by atomic mass is 10.1. The minimum absolute atomic E-state index is 0.00887. The molecule has 0 aliphatic heterocycles. The molecule has 0 fully saturated rings. The van der Waals surface area contributed by atoms with E-state index in [1.54, 1.807) is 24.3 Å². The molecule has 0 amide bonds. The fourth-order valence-electron chi connectivity index (χ4n) is 1.45. The average molecular weight is 282 g/mol. The van der Waals surface area contributed by atoms with Crippen molar-refractivity contribution in [2.24, 2.45) is 0 Å². The Morgan fingerprint density at radius 2 is 1.80 bits per heavy atom. The van der Waals surface area contributed by atoms with Gasteiger partial charge in [0.2, 0.25) is 0 Å². The van der Waals surface area contributed by atoms with Crippen LogP contribution in [-0.2, 0) is 25.5 Å². The van der Waals surface area contributed by atoms with E-state index in [2.05, 4.69) is 4.74 Å². The summed E-state index contributed by atoms with van der Waals surface area (Å²) in [6, 6.07) is 6.90. The van der Waals surface area contributed by atoms with Gasteiger partial charge in [0.25, 0.3) is 0 Å². The smallest absolute Gasteiger partial charge is 0.317 e. The van der Waals surface area contributed by atoms with Gasteiger partial charge in [-0.25, -0.2) is 0 Å². The quantitative estimate of drug-likeness (QED) is 0.429. The highest BCUT2D eigenvalue weighted by atomic mass is 16.6. The van der Waals surface area contributed by atoms with Gasteiger partial charge in [0.05, 0.1) is 26.2 Å². The molecule has 0 atom stereocenters.